The van der Waals surface area contributed by atoms with E-state index in [-0.39, 0.29) is 39.9 Å². The van der Waals surface area contributed by atoms with Gasteiger partial charge in [-0.3, -0.25) is 9.00 Å². The van der Waals surface area contributed by atoms with Gasteiger partial charge in [0.15, 0.2) is 17.2 Å². The highest BCUT2D eigenvalue weighted by atomic mass is 32.2. The van der Waals surface area contributed by atoms with Crippen molar-refractivity contribution in [1.82, 2.24) is 44.6 Å². The molecule has 0 bridgehead atoms. The SMILES string of the molecule is C=C(CCNC=O)Nc1nn(C)c2nc(C3CCN(C(O)(O)C4=CC(S(=O)c5ccc(Nc6nc7c(OC(C)C)c(/C(C=N)=C/N)ncn7n6)c(F)c5)CCC4)CC3)ccc12.CC. The van der Waals surface area contributed by atoms with Crippen molar-refractivity contribution in [2.75, 3.05) is 30.3 Å². The zero-order valence-corrected chi connectivity index (χ0v) is 37.0. The van der Waals surface area contributed by atoms with Gasteiger partial charge in [0, 0.05) is 78.9 Å². The van der Waals surface area contributed by atoms with E-state index in [1.807, 2.05) is 46.9 Å². The van der Waals surface area contributed by atoms with Gasteiger partial charge in [-0.25, -0.2) is 23.9 Å². The Balaban J connectivity index is 0.00000326. The molecule has 0 spiro atoms. The van der Waals surface area contributed by atoms with Gasteiger partial charge in [0.05, 0.1) is 33.2 Å². The summed E-state index contributed by atoms with van der Waals surface area (Å²) in [6.45, 7) is 12.9. The number of aromatic nitrogens is 7. The van der Waals surface area contributed by atoms with Crippen LogP contribution in [0.15, 0.2) is 71.7 Å². The second-order valence-electron chi connectivity index (χ2n) is 15.3. The Labute approximate surface area is 367 Å². The lowest BCUT2D eigenvalue weighted by molar-refractivity contribution is -0.242. The summed E-state index contributed by atoms with van der Waals surface area (Å²) >= 11 is 0. The van der Waals surface area contributed by atoms with E-state index in [1.165, 1.54) is 29.2 Å². The molecule has 2 unspecified atom stereocenters. The van der Waals surface area contributed by atoms with Crippen LogP contribution in [0.5, 0.6) is 5.75 Å². The second kappa shape index (κ2) is 20.4. The number of piperidine rings is 1. The van der Waals surface area contributed by atoms with Gasteiger partial charge in [0.25, 0.3) is 0 Å². The molecule has 4 aromatic heterocycles. The lowest BCUT2D eigenvalue weighted by Crippen LogP contribution is -2.53. The van der Waals surface area contributed by atoms with Crippen molar-refractivity contribution in [2.24, 2.45) is 12.8 Å². The van der Waals surface area contributed by atoms with E-state index in [0.29, 0.717) is 98.6 Å². The fourth-order valence-corrected chi connectivity index (χ4v) is 9.09. The van der Waals surface area contributed by atoms with E-state index in [4.69, 9.17) is 20.9 Å². The van der Waals surface area contributed by atoms with E-state index in [0.717, 1.165) is 17.3 Å². The van der Waals surface area contributed by atoms with Crippen molar-refractivity contribution in [2.45, 2.75) is 94.3 Å². The number of ether oxygens (including phenoxy) is 1. The third-order valence-corrected chi connectivity index (χ3v) is 12.4. The second-order valence-corrected chi connectivity index (χ2v) is 16.9. The smallest absolute Gasteiger partial charge is 0.249 e. The third kappa shape index (κ3) is 10.2. The Kier molecular flexibility index (Phi) is 15.0. The van der Waals surface area contributed by atoms with Gasteiger partial charge in [0.1, 0.15) is 17.8 Å². The highest BCUT2D eigenvalue weighted by Crippen LogP contribution is 2.37. The summed E-state index contributed by atoms with van der Waals surface area (Å²) in [5, 5.41) is 48.7. The molecule has 7 rings (SSSR count). The third-order valence-electron chi connectivity index (χ3n) is 10.8. The van der Waals surface area contributed by atoms with Gasteiger partial charge >= 0.3 is 0 Å². The van der Waals surface area contributed by atoms with E-state index in [9.17, 15) is 19.2 Å². The first kappa shape index (κ1) is 46.4. The van der Waals surface area contributed by atoms with Crippen molar-refractivity contribution >= 4 is 63.1 Å². The number of nitrogens with two attached hydrogens (primary N) is 1. The summed E-state index contributed by atoms with van der Waals surface area (Å²) in [6.07, 6.45) is 9.11. The number of amides is 1. The molecule has 2 aliphatic rings. The Morgan fingerprint density at radius 3 is 2.59 bits per heavy atom. The Hall–Kier alpha value is -6.09. The number of likely N-dealkylation sites (tertiary alicyclic amines) is 1. The maximum absolute atomic E-state index is 15.6. The maximum Gasteiger partial charge on any atom is 0.249 e. The monoisotopic (exact) mass is 885 g/mol. The van der Waals surface area contributed by atoms with E-state index < -0.39 is 27.8 Å². The number of carbonyl (C=O) groups excluding carboxylic acids is 1. The number of allylic oxidation sites excluding steroid dienone is 1. The summed E-state index contributed by atoms with van der Waals surface area (Å²) in [4.78, 5) is 26.2. The zero-order chi connectivity index (χ0) is 45.4. The number of hydrogen-bond donors (Lipinski definition) is 7. The minimum absolute atomic E-state index is 0.0474. The normalized spacial score (nSPS) is 16.9. The summed E-state index contributed by atoms with van der Waals surface area (Å²) in [5.41, 5.74) is 9.35. The van der Waals surface area contributed by atoms with Crippen LogP contribution in [0, 0.1) is 11.2 Å². The molecular weight excluding hydrogens is 830 g/mol. The number of anilines is 3. The molecule has 336 valence electrons. The molecule has 0 saturated carbocycles. The van der Waals surface area contributed by atoms with E-state index in [2.05, 4.69) is 42.7 Å². The Morgan fingerprint density at radius 2 is 1.90 bits per heavy atom. The molecule has 20 heteroatoms. The molecule has 8 N–H and O–H groups in total. The van der Waals surface area contributed by atoms with Crippen LogP contribution in [0.25, 0.3) is 22.3 Å². The fraction of sp³-hybridized carbons (Fsp3) is 0.419. The average molecular weight is 886 g/mol. The van der Waals surface area contributed by atoms with Crippen molar-refractivity contribution < 1.29 is 28.3 Å². The number of nitrogens with zero attached hydrogens (tertiary/aromatic N) is 8. The largest absolute Gasteiger partial charge is 0.485 e. The molecule has 2 atom stereocenters. The van der Waals surface area contributed by atoms with Crippen LogP contribution < -0.4 is 26.4 Å². The quantitative estimate of drug-likeness (QED) is 0.0208. The number of fused-ring (bicyclic) bond motifs is 2. The standard InChI is InChI=1S/C41H50FN13O5S.C2H6/c1-24(2)60-36-35(27(20-43)21-44)46-22-55-39(36)50-40(52-55)49-34-10-8-30(19-32(34)42)61(59)29-7-5-6-28(18-29)41(57,58)54-16-13-26(14-17-54)33-11-9-31-37(51-53(4)38(31)48-33)47-25(3)12-15-45-23-56;1-2/h8-11,18-24,26,29,43,57-58H,3,5-7,12-17,44H2,1-2,4H3,(H,45,56)(H,47,51)(H,49,52);1-2H3/b27-21+,43-20?;. The topological polar surface area (TPSA) is 247 Å². The minimum atomic E-state index is -2.24. The Morgan fingerprint density at radius 1 is 1.14 bits per heavy atom. The van der Waals surface area contributed by atoms with Gasteiger partial charge in [-0.1, -0.05) is 26.5 Å². The molecule has 1 saturated heterocycles. The summed E-state index contributed by atoms with van der Waals surface area (Å²) in [5.74, 6) is -1.89. The number of halogens is 1. The van der Waals surface area contributed by atoms with Crippen LogP contribution in [0.2, 0.25) is 0 Å². The minimum Gasteiger partial charge on any atom is -0.485 e. The molecule has 1 fully saturated rings. The van der Waals surface area contributed by atoms with Gasteiger partial charge in [-0.05, 0) is 76.3 Å². The number of hydrogen-bond acceptors (Lipinski definition) is 15. The van der Waals surface area contributed by atoms with E-state index >= 15 is 4.39 Å². The van der Waals surface area contributed by atoms with Crippen LogP contribution in [0.3, 0.4) is 0 Å². The van der Waals surface area contributed by atoms with Crippen LogP contribution in [0.1, 0.15) is 83.5 Å². The molecule has 5 heterocycles. The lowest BCUT2D eigenvalue weighted by atomic mass is 9.90. The number of aliphatic hydroxyl groups is 2. The Bertz CT molecular complexity index is 2540. The summed E-state index contributed by atoms with van der Waals surface area (Å²) in [6, 6.07) is 8.17. The van der Waals surface area contributed by atoms with Crippen LogP contribution in [-0.4, -0.2) is 103 Å². The van der Waals surface area contributed by atoms with Gasteiger partial charge in [0.2, 0.25) is 23.9 Å². The van der Waals surface area contributed by atoms with Crippen LogP contribution >= 0.6 is 0 Å². The maximum atomic E-state index is 15.6. The van der Waals surface area contributed by atoms with Gasteiger partial charge < -0.3 is 42.0 Å². The zero-order valence-electron chi connectivity index (χ0n) is 36.1. The molecule has 1 amide bonds. The van der Waals surface area contributed by atoms with Crippen molar-refractivity contribution in [1.29, 1.82) is 5.41 Å². The van der Waals surface area contributed by atoms with Crippen molar-refractivity contribution in [3.63, 3.8) is 0 Å². The summed E-state index contributed by atoms with van der Waals surface area (Å²) < 4.78 is 38.5. The molecule has 18 nitrogen and oxygen atoms in total. The number of nitrogens with one attached hydrogen (secondary N) is 4. The molecule has 0 radical (unpaired) electrons. The molecule has 1 aliphatic carbocycles. The number of benzene rings is 1. The fourth-order valence-electron chi connectivity index (χ4n) is 7.65. The molecule has 63 heavy (non-hydrogen) atoms. The highest BCUT2D eigenvalue weighted by Gasteiger charge is 2.40. The molecule has 1 aromatic carbocycles. The van der Waals surface area contributed by atoms with Crippen molar-refractivity contribution in [3.05, 3.63) is 84.0 Å². The molecule has 5 aromatic rings. The molecule has 1 aliphatic heterocycles. The van der Waals surface area contributed by atoms with Crippen LogP contribution in [-0.2, 0) is 22.6 Å². The first-order valence-electron chi connectivity index (χ1n) is 21.0. The first-order valence-corrected chi connectivity index (χ1v) is 22.2. The van der Waals surface area contributed by atoms with Gasteiger partial charge in [-0.2, -0.15) is 14.6 Å². The predicted octanol–water partition coefficient (Wildman–Crippen LogP) is 5.22. The predicted molar refractivity (Wildman–Crippen MR) is 241 cm³/mol. The molecular formula is C43H56FN13O5S. The summed E-state index contributed by atoms with van der Waals surface area (Å²) in [7, 11) is 0.130. The highest BCUT2D eigenvalue weighted by molar-refractivity contribution is 7.85. The number of carbonyl (C=O) groups is 1. The number of aryl methyl sites for hydroxylation is 1. The van der Waals surface area contributed by atoms with Gasteiger partial charge in [-0.15, -0.1) is 5.10 Å². The first-order chi connectivity index (χ1) is 30.3. The van der Waals surface area contributed by atoms with Crippen molar-refractivity contribution in [3.8, 4) is 5.75 Å². The van der Waals surface area contributed by atoms with Crippen LogP contribution in [0.4, 0.5) is 21.8 Å². The lowest BCUT2D eigenvalue weighted by Gasteiger charge is -2.42. The number of pyridine rings is 1. The van der Waals surface area contributed by atoms with E-state index in [1.54, 1.807) is 21.7 Å². The average Bonchev–Trinajstić information content (AvgIpc) is 3.85. The number of rotatable bonds is 17.